The van der Waals surface area contributed by atoms with Crippen LogP contribution in [-0.4, -0.2) is 27.3 Å². The topological polar surface area (TPSA) is 84.3 Å². The molecule has 0 aliphatic rings. The summed E-state index contributed by atoms with van der Waals surface area (Å²) in [5.74, 6) is 0.896. The van der Waals surface area contributed by atoms with Crippen LogP contribution in [0.5, 0.6) is 5.88 Å². The first-order chi connectivity index (χ1) is 9.95. The number of hydrogen-bond acceptors (Lipinski definition) is 4. The van der Waals surface area contributed by atoms with Crippen molar-refractivity contribution in [2.45, 2.75) is 26.9 Å². The van der Waals surface area contributed by atoms with Gasteiger partial charge in [0.15, 0.2) is 5.82 Å². The van der Waals surface area contributed by atoms with E-state index in [2.05, 4.69) is 15.3 Å². The summed E-state index contributed by atoms with van der Waals surface area (Å²) in [4.78, 5) is 19.6. The van der Waals surface area contributed by atoms with Gasteiger partial charge in [0.25, 0.3) is 0 Å². The number of anilines is 1. The zero-order chi connectivity index (χ0) is 15.4. The molecule has 0 fully saturated rings. The Bertz CT molecular complexity index is 656. The Hall–Kier alpha value is -2.63. The van der Waals surface area contributed by atoms with Crippen LogP contribution in [0.15, 0.2) is 30.3 Å². The molecule has 0 unspecified atom stereocenters. The standard InChI is InChI=1S/C15H17N3O3/c1-9(2)21-13-8-10(3)16-14(18-13)11-6-4-5-7-12(11)17-15(19)20/h4-9,17H,1-3H3,(H,19,20). The Balaban J connectivity index is 2.46. The van der Waals surface area contributed by atoms with Crippen molar-refractivity contribution in [3.8, 4) is 17.3 Å². The van der Waals surface area contributed by atoms with Crippen molar-refractivity contribution in [1.82, 2.24) is 9.97 Å². The molecule has 0 saturated carbocycles. The van der Waals surface area contributed by atoms with Gasteiger partial charge in [-0.05, 0) is 32.9 Å². The molecule has 110 valence electrons. The number of nitrogens with one attached hydrogen (secondary N) is 1. The molecule has 0 saturated heterocycles. The number of amides is 1. The van der Waals surface area contributed by atoms with Gasteiger partial charge in [0.2, 0.25) is 5.88 Å². The van der Waals surface area contributed by atoms with Gasteiger partial charge >= 0.3 is 6.09 Å². The minimum atomic E-state index is -1.13. The Morgan fingerprint density at radius 2 is 2.00 bits per heavy atom. The number of ether oxygens (including phenoxy) is 1. The molecule has 2 aromatic rings. The van der Waals surface area contributed by atoms with Gasteiger partial charge in [0.1, 0.15) is 0 Å². The lowest BCUT2D eigenvalue weighted by Crippen LogP contribution is -2.10. The van der Waals surface area contributed by atoms with Crippen LogP contribution in [0.3, 0.4) is 0 Å². The van der Waals surface area contributed by atoms with Gasteiger partial charge in [-0.15, -0.1) is 0 Å². The SMILES string of the molecule is Cc1cc(OC(C)C)nc(-c2ccccc2NC(=O)O)n1. The average molecular weight is 287 g/mol. The van der Waals surface area contributed by atoms with Crippen molar-refractivity contribution in [3.63, 3.8) is 0 Å². The molecule has 6 nitrogen and oxygen atoms in total. The van der Waals surface area contributed by atoms with Crippen LogP contribution in [0.1, 0.15) is 19.5 Å². The van der Waals surface area contributed by atoms with Crippen molar-refractivity contribution in [1.29, 1.82) is 0 Å². The summed E-state index contributed by atoms with van der Waals surface area (Å²) >= 11 is 0. The second-order valence-electron chi connectivity index (χ2n) is 4.81. The molecule has 0 atom stereocenters. The molecular weight excluding hydrogens is 270 g/mol. The first-order valence-electron chi connectivity index (χ1n) is 6.57. The van der Waals surface area contributed by atoms with E-state index in [0.717, 1.165) is 5.69 Å². The average Bonchev–Trinajstić information content (AvgIpc) is 2.37. The Morgan fingerprint density at radius 1 is 1.29 bits per heavy atom. The van der Waals surface area contributed by atoms with Crippen molar-refractivity contribution >= 4 is 11.8 Å². The normalized spacial score (nSPS) is 10.5. The molecule has 1 aromatic carbocycles. The fourth-order valence-corrected chi connectivity index (χ4v) is 1.86. The summed E-state index contributed by atoms with van der Waals surface area (Å²) in [7, 11) is 0. The van der Waals surface area contributed by atoms with E-state index in [0.29, 0.717) is 23.0 Å². The van der Waals surface area contributed by atoms with E-state index < -0.39 is 6.09 Å². The first kappa shape index (κ1) is 14.8. The van der Waals surface area contributed by atoms with Gasteiger partial charge < -0.3 is 9.84 Å². The van der Waals surface area contributed by atoms with Gasteiger partial charge in [-0.25, -0.2) is 9.78 Å². The minimum absolute atomic E-state index is 0.000427. The number of hydrogen-bond donors (Lipinski definition) is 2. The summed E-state index contributed by atoms with van der Waals surface area (Å²) in [6.07, 6.45) is -1.13. The molecule has 21 heavy (non-hydrogen) atoms. The van der Waals surface area contributed by atoms with Crippen molar-refractivity contribution in [3.05, 3.63) is 36.0 Å². The highest BCUT2D eigenvalue weighted by Crippen LogP contribution is 2.26. The maximum absolute atomic E-state index is 10.9. The van der Waals surface area contributed by atoms with Crippen molar-refractivity contribution in [2.75, 3.05) is 5.32 Å². The molecular formula is C15H17N3O3. The van der Waals surface area contributed by atoms with Crippen LogP contribution in [0, 0.1) is 6.92 Å². The maximum Gasteiger partial charge on any atom is 0.409 e. The Labute approximate surface area is 122 Å². The van der Waals surface area contributed by atoms with E-state index in [1.807, 2.05) is 20.8 Å². The number of benzene rings is 1. The predicted molar refractivity (Wildman–Crippen MR) is 79.6 cm³/mol. The van der Waals surface area contributed by atoms with Gasteiger partial charge in [0.05, 0.1) is 11.8 Å². The van der Waals surface area contributed by atoms with Gasteiger partial charge in [-0.2, -0.15) is 4.98 Å². The van der Waals surface area contributed by atoms with Gasteiger partial charge in [0, 0.05) is 17.3 Å². The van der Waals surface area contributed by atoms with E-state index in [1.54, 1.807) is 30.3 Å². The van der Waals surface area contributed by atoms with Crippen LogP contribution in [0.2, 0.25) is 0 Å². The number of carboxylic acid groups (broad SMARTS) is 1. The fraction of sp³-hybridized carbons (Fsp3) is 0.267. The van der Waals surface area contributed by atoms with Crippen molar-refractivity contribution < 1.29 is 14.6 Å². The summed E-state index contributed by atoms with van der Waals surface area (Å²) in [5, 5.41) is 11.2. The summed E-state index contributed by atoms with van der Waals surface area (Å²) in [6.45, 7) is 5.67. The quantitative estimate of drug-likeness (QED) is 0.901. The molecule has 0 bridgehead atoms. The molecule has 2 N–H and O–H groups in total. The fourth-order valence-electron chi connectivity index (χ4n) is 1.86. The monoisotopic (exact) mass is 287 g/mol. The van der Waals surface area contributed by atoms with E-state index in [4.69, 9.17) is 9.84 Å². The molecule has 2 rings (SSSR count). The highest BCUT2D eigenvalue weighted by atomic mass is 16.5. The molecule has 1 amide bonds. The largest absolute Gasteiger partial charge is 0.475 e. The van der Waals surface area contributed by atoms with Crippen LogP contribution in [0.25, 0.3) is 11.4 Å². The van der Waals surface area contributed by atoms with Crippen molar-refractivity contribution in [2.24, 2.45) is 0 Å². The van der Waals surface area contributed by atoms with Crippen LogP contribution in [0.4, 0.5) is 10.5 Å². The molecule has 0 spiro atoms. The van der Waals surface area contributed by atoms with E-state index in [1.165, 1.54) is 0 Å². The Morgan fingerprint density at radius 3 is 2.67 bits per heavy atom. The molecule has 0 radical (unpaired) electrons. The zero-order valence-electron chi connectivity index (χ0n) is 12.1. The third-order valence-corrected chi connectivity index (χ3v) is 2.60. The molecule has 0 aliphatic heterocycles. The second kappa shape index (κ2) is 6.21. The number of aryl methyl sites for hydroxylation is 1. The number of nitrogens with zero attached hydrogens (tertiary/aromatic N) is 2. The lowest BCUT2D eigenvalue weighted by Gasteiger charge is -2.12. The third kappa shape index (κ3) is 3.92. The predicted octanol–water partition coefficient (Wildman–Crippen LogP) is 3.33. The number of carbonyl (C=O) groups is 1. The molecule has 1 aromatic heterocycles. The lowest BCUT2D eigenvalue weighted by molar-refractivity contribution is 0.210. The molecule has 1 heterocycles. The number of para-hydroxylation sites is 1. The third-order valence-electron chi connectivity index (χ3n) is 2.60. The van der Waals surface area contributed by atoms with E-state index in [-0.39, 0.29) is 6.10 Å². The Kier molecular flexibility index (Phi) is 4.37. The highest BCUT2D eigenvalue weighted by Gasteiger charge is 2.12. The number of rotatable bonds is 4. The van der Waals surface area contributed by atoms with E-state index >= 15 is 0 Å². The molecule has 0 aliphatic carbocycles. The van der Waals surface area contributed by atoms with E-state index in [9.17, 15) is 4.79 Å². The zero-order valence-corrected chi connectivity index (χ0v) is 12.1. The summed E-state index contributed by atoms with van der Waals surface area (Å²) in [5.41, 5.74) is 1.80. The van der Waals surface area contributed by atoms with Crippen LogP contribution >= 0.6 is 0 Å². The molecule has 6 heteroatoms. The summed E-state index contributed by atoms with van der Waals surface area (Å²) < 4.78 is 5.59. The maximum atomic E-state index is 10.9. The van der Waals surface area contributed by atoms with Crippen LogP contribution < -0.4 is 10.1 Å². The van der Waals surface area contributed by atoms with Gasteiger partial charge in [-0.3, -0.25) is 5.32 Å². The minimum Gasteiger partial charge on any atom is -0.475 e. The number of aromatic nitrogens is 2. The summed E-state index contributed by atoms with van der Waals surface area (Å²) in [6, 6.07) is 8.72. The van der Waals surface area contributed by atoms with Crippen LogP contribution in [-0.2, 0) is 0 Å². The highest BCUT2D eigenvalue weighted by molar-refractivity contribution is 5.89. The lowest BCUT2D eigenvalue weighted by atomic mass is 10.1. The second-order valence-corrected chi connectivity index (χ2v) is 4.81. The first-order valence-corrected chi connectivity index (χ1v) is 6.57. The van der Waals surface area contributed by atoms with Gasteiger partial charge in [-0.1, -0.05) is 12.1 Å². The smallest absolute Gasteiger partial charge is 0.409 e.